The molecule has 0 atom stereocenters. The number of carbonyl (C=O) groups is 1. The number of hydrogen-bond donors (Lipinski definition) is 1. The van der Waals surface area contributed by atoms with Gasteiger partial charge in [-0.05, 0) is 36.2 Å². The minimum atomic E-state index is -4.75. The van der Waals surface area contributed by atoms with Crippen molar-refractivity contribution in [2.24, 2.45) is 0 Å². The predicted octanol–water partition coefficient (Wildman–Crippen LogP) is 4.65. The fourth-order valence-electron chi connectivity index (χ4n) is 3.73. The zero-order valence-corrected chi connectivity index (χ0v) is 19.3. The first-order valence-electron chi connectivity index (χ1n) is 10.8. The van der Waals surface area contributed by atoms with Crippen LogP contribution in [0, 0.1) is 0 Å². The van der Waals surface area contributed by atoms with Crippen molar-refractivity contribution in [2.75, 3.05) is 44.9 Å². The molecule has 180 valence electrons. The molecule has 1 fully saturated rings. The van der Waals surface area contributed by atoms with Gasteiger partial charge in [-0.15, -0.1) is 11.3 Å². The molecule has 0 aliphatic carbocycles. The number of nitrogens with one attached hydrogen (secondary N) is 1. The van der Waals surface area contributed by atoms with Gasteiger partial charge in [-0.1, -0.05) is 24.3 Å². The van der Waals surface area contributed by atoms with Crippen molar-refractivity contribution in [3.05, 3.63) is 64.7 Å². The van der Waals surface area contributed by atoms with Gasteiger partial charge in [0.05, 0.1) is 25.9 Å². The van der Waals surface area contributed by atoms with Gasteiger partial charge in [0.2, 0.25) is 0 Å². The van der Waals surface area contributed by atoms with Crippen LogP contribution in [0.1, 0.15) is 20.9 Å². The topological polar surface area (TPSA) is 63.7 Å². The molecule has 1 saturated heterocycles. The van der Waals surface area contributed by atoms with Gasteiger partial charge in [0.1, 0.15) is 15.6 Å². The van der Waals surface area contributed by atoms with Gasteiger partial charge >= 0.3 is 6.18 Å². The summed E-state index contributed by atoms with van der Waals surface area (Å²) >= 11 is 0.703. The molecular formula is C24H24F3N3O3S. The number of benzene rings is 2. The molecule has 1 aliphatic rings. The average Bonchev–Trinajstić information content (AvgIpc) is 3.31. The second-order valence-electron chi connectivity index (χ2n) is 7.67. The maximum absolute atomic E-state index is 13.6. The van der Waals surface area contributed by atoms with E-state index in [4.69, 9.17) is 9.47 Å². The molecule has 1 aliphatic heterocycles. The molecule has 34 heavy (non-hydrogen) atoms. The van der Waals surface area contributed by atoms with Crippen LogP contribution in [0.2, 0.25) is 0 Å². The number of aromatic nitrogens is 1. The summed E-state index contributed by atoms with van der Waals surface area (Å²) in [6.45, 7) is 3.16. The zero-order valence-electron chi connectivity index (χ0n) is 18.5. The number of halogens is 3. The van der Waals surface area contributed by atoms with E-state index in [1.165, 1.54) is 7.11 Å². The van der Waals surface area contributed by atoms with Crippen molar-refractivity contribution < 1.29 is 27.4 Å². The fraction of sp³-hybridized carbons (Fsp3) is 0.333. The van der Waals surface area contributed by atoms with E-state index in [0.717, 1.165) is 24.3 Å². The van der Waals surface area contributed by atoms with Gasteiger partial charge in [0.25, 0.3) is 5.91 Å². The molecule has 0 spiro atoms. The van der Waals surface area contributed by atoms with E-state index in [2.05, 4.69) is 15.2 Å². The molecular weight excluding hydrogens is 467 g/mol. The van der Waals surface area contributed by atoms with E-state index in [-0.39, 0.29) is 11.6 Å². The lowest BCUT2D eigenvalue weighted by atomic mass is 10.1. The number of hydrogen-bond acceptors (Lipinski definition) is 6. The van der Waals surface area contributed by atoms with Crippen molar-refractivity contribution in [2.45, 2.75) is 12.6 Å². The number of carbonyl (C=O) groups excluding carboxylic acids is 1. The van der Waals surface area contributed by atoms with Crippen LogP contribution in [-0.2, 0) is 17.3 Å². The normalized spacial score (nSPS) is 14.2. The van der Waals surface area contributed by atoms with Gasteiger partial charge in [-0.2, -0.15) is 13.2 Å². The number of para-hydroxylation sites is 1. The Kier molecular flexibility index (Phi) is 7.38. The molecule has 2 heterocycles. The first-order chi connectivity index (χ1) is 16.4. The zero-order chi connectivity index (χ0) is 24.1. The maximum atomic E-state index is 13.6. The van der Waals surface area contributed by atoms with Gasteiger partial charge < -0.3 is 19.7 Å². The van der Waals surface area contributed by atoms with Crippen molar-refractivity contribution >= 4 is 22.9 Å². The highest BCUT2D eigenvalue weighted by Crippen LogP contribution is 2.40. The van der Waals surface area contributed by atoms with Crippen LogP contribution in [-0.4, -0.2) is 50.8 Å². The number of amides is 1. The third kappa shape index (κ3) is 5.51. The Morgan fingerprint density at radius 2 is 1.94 bits per heavy atom. The number of methoxy groups -OCH3 is 1. The summed E-state index contributed by atoms with van der Waals surface area (Å²) in [5.41, 5.74) is 1.26. The standard InChI is InChI=1S/C24H24F3N3O3S/c1-32-19-8-3-2-7-18(19)23-29-21(24(25,26)27)20(34-23)22(31)28-10-9-16-5-4-6-17(15-16)30-11-13-33-14-12-30/h2-8,15H,9-14H2,1H3,(H,28,31). The molecule has 0 saturated carbocycles. The highest BCUT2D eigenvalue weighted by atomic mass is 32.1. The smallest absolute Gasteiger partial charge is 0.435 e. The molecule has 1 amide bonds. The molecule has 0 unspecified atom stereocenters. The summed E-state index contributed by atoms with van der Waals surface area (Å²) in [5.74, 6) is -0.410. The lowest BCUT2D eigenvalue weighted by molar-refractivity contribution is -0.141. The number of morpholine rings is 1. The molecule has 2 aromatic carbocycles. The van der Waals surface area contributed by atoms with Crippen LogP contribution in [0.5, 0.6) is 5.75 Å². The van der Waals surface area contributed by atoms with Gasteiger partial charge in [-0.3, -0.25) is 4.79 Å². The molecule has 4 rings (SSSR count). The first-order valence-corrected chi connectivity index (χ1v) is 11.6. The highest BCUT2D eigenvalue weighted by Gasteiger charge is 2.40. The lowest BCUT2D eigenvalue weighted by Gasteiger charge is -2.29. The summed E-state index contributed by atoms with van der Waals surface area (Å²) in [5, 5.41) is 2.70. The summed E-state index contributed by atoms with van der Waals surface area (Å²) in [4.78, 5) is 18.2. The summed E-state index contributed by atoms with van der Waals surface area (Å²) in [6, 6.07) is 14.6. The van der Waals surface area contributed by atoms with Crippen molar-refractivity contribution in [1.82, 2.24) is 10.3 Å². The third-order valence-corrected chi connectivity index (χ3v) is 6.51. The van der Waals surface area contributed by atoms with E-state index in [0.29, 0.717) is 42.3 Å². The Morgan fingerprint density at radius 3 is 2.68 bits per heavy atom. The summed E-state index contributed by atoms with van der Waals surface area (Å²) in [6.07, 6.45) is -4.26. The predicted molar refractivity (Wildman–Crippen MR) is 125 cm³/mol. The quantitative estimate of drug-likeness (QED) is 0.522. The minimum absolute atomic E-state index is 0.0770. The largest absolute Gasteiger partial charge is 0.496 e. The van der Waals surface area contributed by atoms with Crippen molar-refractivity contribution in [3.8, 4) is 16.3 Å². The van der Waals surface area contributed by atoms with Crippen LogP contribution in [0.15, 0.2) is 48.5 Å². The van der Waals surface area contributed by atoms with Crippen LogP contribution in [0.4, 0.5) is 18.9 Å². The Morgan fingerprint density at radius 1 is 1.18 bits per heavy atom. The van der Waals surface area contributed by atoms with Gasteiger partial charge in [0, 0.05) is 25.3 Å². The number of rotatable bonds is 7. The average molecular weight is 492 g/mol. The molecule has 1 N–H and O–H groups in total. The lowest BCUT2D eigenvalue weighted by Crippen LogP contribution is -2.36. The van der Waals surface area contributed by atoms with E-state index in [1.54, 1.807) is 24.3 Å². The molecule has 1 aromatic heterocycles. The molecule has 6 nitrogen and oxygen atoms in total. The Hall–Kier alpha value is -3.11. The summed E-state index contributed by atoms with van der Waals surface area (Å²) < 4.78 is 51.6. The maximum Gasteiger partial charge on any atom is 0.435 e. The molecule has 0 bridgehead atoms. The second-order valence-corrected chi connectivity index (χ2v) is 8.67. The SMILES string of the molecule is COc1ccccc1-c1nc(C(F)(F)F)c(C(=O)NCCc2cccc(N3CCOCC3)c2)s1. The number of ether oxygens (including phenoxy) is 2. The number of alkyl halides is 3. The number of anilines is 1. The van der Waals surface area contributed by atoms with Crippen LogP contribution < -0.4 is 15.0 Å². The second kappa shape index (κ2) is 10.4. The van der Waals surface area contributed by atoms with E-state index < -0.39 is 22.7 Å². The van der Waals surface area contributed by atoms with Gasteiger partial charge in [-0.25, -0.2) is 4.98 Å². The minimum Gasteiger partial charge on any atom is -0.496 e. The third-order valence-electron chi connectivity index (χ3n) is 5.43. The van der Waals surface area contributed by atoms with E-state index in [9.17, 15) is 18.0 Å². The highest BCUT2D eigenvalue weighted by molar-refractivity contribution is 7.17. The van der Waals surface area contributed by atoms with Gasteiger partial charge in [0.15, 0.2) is 5.69 Å². The van der Waals surface area contributed by atoms with Crippen LogP contribution in [0.25, 0.3) is 10.6 Å². The monoisotopic (exact) mass is 491 g/mol. The molecule has 10 heteroatoms. The Labute approximate surface area is 199 Å². The Balaban J connectivity index is 1.47. The van der Waals surface area contributed by atoms with Crippen LogP contribution >= 0.6 is 11.3 Å². The van der Waals surface area contributed by atoms with Crippen LogP contribution in [0.3, 0.4) is 0 Å². The Bertz CT molecular complexity index is 1140. The molecule has 3 aromatic rings. The molecule has 0 radical (unpaired) electrons. The first kappa shape index (κ1) is 24.0. The van der Waals surface area contributed by atoms with E-state index in [1.807, 2.05) is 24.3 Å². The number of nitrogens with zero attached hydrogens (tertiary/aromatic N) is 2. The van der Waals surface area contributed by atoms with E-state index >= 15 is 0 Å². The van der Waals surface area contributed by atoms with Crippen molar-refractivity contribution in [3.63, 3.8) is 0 Å². The van der Waals surface area contributed by atoms with Crippen molar-refractivity contribution in [1.29, 1.82) is 0 Å². The fourth-order valence-corrected chi connectivity index (χ4v) is 4.77. The number of thiazole rings is 1. The summed E-state index contributed by atoms with van der Waals surface area (Å²) in [7, 11) is 1.43.